The number of rotatable bonds is 5. The van der Waals surface area contributed by atoms with Crippen molar-refractivity contribution in [2.24, 2.45) is 0 Å². The number of nitrogens with zero attached hydrogens (tertiary/aromatic N) is 2. The maximum absolute atomic E-state index is 12.8. The molecule has 2 aromatic carbocycles. The maximum Gasteiger partial charge on any atom is 0.266 e. The van der Waals surface area contributed by atoms with Crippen LogP contribution in [0.25, 0.3) is 23.1 Å². The molecule has 0 fully saturated rings. The van der Waals surface area contributed by atoms with E-state index < -0.39 is 0 Å². The molecule has 2 heterocycles. The predicted molar refractivity (Wildman–Crippen MR) is 123 cm³/mol. The number of hydrogen-bond acceptors (Lipinski definition) is 4. The number of hydrogen-bond donors (Lipinski definition) is 2. The zero-order valence-corrected chi connectivity index (χ0v) is 17.4. The lowest BCUT2D eigenvalue weighted by Gasteiger charge is -2.16. The smallest absolute Gasteiger partial charge is 0.266 e. The highest BCUT2D eigenvalue weighted by atomic mass is 32.1. The van der Waals surface area contributed by atoms with Crippen molar-refractivity contribution in [3.05, 3.63) is 75.6 Å². The zero-order chi connectivity index (χ0) is 20.4. The molecule has 0 saturated carbocycles. The van der Waals surface area contributed by atoms with E-state index in [0.29, 0.717) is 0 Å². The van der Waals surface area contributed by atoms with Crippen LogP contribution in [0, 0.1) is 6.92 Å². The molecule has 0 spiro atoms. The second-order valence-electron chi connectivity index (χ2n) is 7.04. The third kappa shape index (κ3) is 3.93. The Balaban J connectivity index is 1.69. The van der Waals surface area contributed by atoms with Crippen LogP contribution >= 0.6 is 11.3 Å². The number of benzene rings is 2. The monoisotopic (exact) mass is 402 g/mol. The van der Waals surface area contributed by atoms with Crippen LogP contribution in [-0.2, 0) is 0 Å². The topological polar surface area (TPSA) is 61.0 Å². The van der Waals surface area contributed by atoms with Gasteiger partial charge in [0.15, 0.2) is 0 Å². The first-order valence-corrected chi connectivity index (χ1v) is 10.2. The molecule has 5 nitrogen and oxygen atoms in total. The second-order valence-corrected chi connectivity index (χ2v) is 7.96. The van der Waals surface area contributed by atoms with E-state index in [1.54, 1.807) is 0 Å². The van der Waals surface area contributed by atoms with Gasteiger partial charge in [0.05, 0.1) is 21.8 Å². The van der Waals surface area contributed by atoms with Crippen LogP contribution in [0.15, 0.2) is 53.9 Å². The Morgan fingerprint density at radius 1 is 1.14 bits per heavy atom. The number of aromatic amines is 1. The van der Waals surface area contributed by atoms with Gasteiger partial charge in [0.2, 0.25) is 0 Å². The average Bonchev–Trinajstić information content (AvgIpc) is 3.33. The molecule has 0 atom stereocenters. The standard InChI is InChI=1S/C23H22N4OS/c1-15-12-13-29-22(15)23(28)24-21-14-17(27(2)3)10-8-16(21)9-11-20-18-6-4-5-7-19(18)25-26-20/h4-14H,1-3H3,(H,24,28)(H,25,26). The maximum atomic E-state index is 12.8. The van der Waals surface area contributed by atoms with Gasteiger partial charge in [-0.1, -0.05) is 30.3 Å². The number of carbonyl (C=O) groups is 1. The number of anilines is 2. The summed E-state index contributed by atoms with van der Waals surface area (Å²) in [5.74, 6) is -0.0896. The SMILES string of the molecule is Cc1ccsc1C(=O)Nc1cc(N(C)C)ccc1C=Cc1n[nH]c2ccccc12. The molecule has 0 radical (unpaired) electrons. The van der Waals surface area contributed by atoms with Crippen molar-refractivity contribution in [2.75, 3.05) is 24.3 Å². The summed E-state index contributed by atoms with van der Waals surface area (Å²) in [6.07, 6.45) is 3.95. The van der Waals surface area contributed by atoms with Gasteiger partial charge < -0.3 is 10.2 Å². The number of H-pyrrole nitrogens is 1. The molecule has 0 unspecified atom stereocenters. The lowest BCUT2D eigenvalue weighted by atomic mass is 10.1. The number of thiophene rings is 1. The van der Waals surface area contributed by atoms with Gasteiger partial charge in [-0.15, -0.1) is 11.3 Å². The fraction of sp³-hybridized carbons (Fsp3) is 0.130. The van der Waals surface area contributed by atoms with Crippen LogP contribution < -0.4 is 10.2 Å². The number of aryl methyl sites for hydroxylation is 1. The van der Waals surface area contributed by atoms with E-state index in [-0.39, 0.29) is 5.91 Å². The molecule has 0 bridgehead atoms. The Labute approximate surface area is 173 Å². The first-order valence-electron chi connectivity index (χ1n) is 9.31. The Bertz CT molecular complexity index is 1200. The number of para-hydroxylation sites is 1. The highest BCUT2D eigenvalue weighted by Gasteiger charge is 2.13. The Hall–Kier alpha value is -3.38. The Morgan fingerprint density at radius 2 is 1.97 bits per heavy atom. The average molecular weight is 403 g/mol. The zero-order valence-electron chi connectivity index (χ0n) is 16.6. The number of amides is 1. The van der Waals surface area contributed by atoms with E-state index in [1.807, 2.05) is 92.0 Å². The molecule has 4 aromatic rings. The van der Waals surface area contributed by atoms with Gasteiger partial charge in [-0.05, 0) is 53.8 Å². The summed E-state index contributed by atoms with van der Waals surface area (Å²) in [5, 5.41) is 13.5. The molecule has 0 saturated heterocycles. The third-order valence-corrected chi connectivity index (χ3v) is 5.81. The van der Waals surface area contributed by atoms with Crippen molar-refractivity contribution in [2.45, 2.75) is 6.92 Å². The van der Waals surface area contributed by atoms with Gasteiger partial charge in [0, 0.05) is 25.2 Å². The molecule has 1 amide bonds. The van der Waals surface area contributed by atoms with Crippen LogP contribution in [0.3, 0.4) is 0 Å². The summed E-state index contributed by atoms with van der Waals surface area (Å²) in [6.45, 7) is 1.95. The largest absolute Gasteiger partial charge is 0.378 e. The van der Waals surface area contributed by atoms with Crippen LogP contribution in [0.5, 0.6) is 0 Å². The number of fused-ring (bicyclic) bond motifs is 1. The highest BCUT2D eigenvalue weighted by Crippen LogP contribution is 2.27. The van der Waals surface area contributed by atoms with E-state index in [9.17, 15) is 4.79 Å². The van der Waals surface area contributed by atoms with E-state index >= 15 is 0 Å². The fourth-order valence-electron chi connectivity index (χ4n) is 3.14. The van der Waals surface area contributed by atoms with Gasteiger partial charge in [-0.3, -0.25) is 9.89 Å². The summed E-state index contributed by atoms with van der Waals surface area (Å²) in [7, 11) is 3.96. The van der Waals surface area contributed by atoms with Crippen LogP contribution in [0.2, 0.25) is 0 Å². The van der Waals surface area contributed by atoms with E-state index in [1.165, 1.54) is 11.3 Å². The summed E-state index contributed by atoms with van der Waals surface area (Å²) in [4.78, 5) is 15.5. The summed E-state index contributed by atoms with van der Waals surface area (Å²) < 4.78 is 0. The van der Waals surface area contributed by atoms with E-state index in [4.69, 9.17) is 0 Å². The molecule has 0 aliphatic rings. The normalized spacial score (nSPS) is 11.3. The van der Waals surface area contributed by atoms with Crippen molar-refractivity contribution in [1.82, 2.24) is 10.2 Å². The Morgan fingerprint density at radius 3 is 2.72 bits per heavy atom. The molecule has 146 valence electrons. The Kier molecular flexibility index (Phi) is 5.18. The molecule has 0 aliphatic heterocycles. The number of carbonyl (C=O) groups excluding carboxylic acids is 1. The molecule has 6 heteroatoms. The van der Waals surface area contributed by atoms with Gasteiger partial charge in [0.25, 0.3) is 5.91 Å². The quantitative estimate of drug-likeness (QED) is 0.468. The van der Waals surface area contributed by atoms with Crippen molar-refractivity contribution in [3.63, 3.8) is 0 Å². The number of nitrogens with one attached hydrogen (secondary N) is 2. The molecule has 0 aliphatic carbocycles. The van der Waals surface area contributed by atoms with Gasteiger partial charge in [0.1, 0.15) is 0 Å². The van der Waals surface area contributed by atoms with Crippen molar-refractivity contribution < 1.29 is 4.79 Å². The third-order valence-electron chi connectivity index (χ3n) is 4.79. The van der Waals surface area contributed by atoms with Gasteiger partial charge >= 0.3 is 0 Å². The molecular weight excluding hydrogens is 380 g/mol. The van der Waals surface area contributed by atoms with Crippen molar-refractivity contribution >= 4 is 51.7 Å². The lowest BCUT2D eigenvalue weighted by Crippen LogP contribution is -2.14. The predicted octanol–water partition coefficient (Wildman–Crippen LogP) is 5.42. The summed E-state index contributed by atoms with van der Waals surface area (Å²) in [5.41, 5.74) is 5.55. The lowest BCUT2D eigenvalue weighted by molar-refractivity contribution is 0.103. The van der Waals surface area contributed by atoms with Crippen molar-refractivity contribution in [3.8, 4) is 0 Å². The minimum absolute atomic E-state index is 0.0896. The van der Waals surface area contributed by atoms with Crippen LogP contribution in [0.1, 0.15) is 26.5 Å². The van der Waals surface area contributed by atoms with Crippen molar-refractivity contribution in [1.29, 1.82) is 0 Å². The highest BCUT2D eigenvalue weighted by molar-refractivity contribution is 7.12. The molecule has 29 heavy (non-hydrogen) atoms. The van der Waals surface area contributed by atoms with Gasteiger partial charge in [-0.2, -0.15) is 5.10 Å². The van der Waals surface area contributed by atoms with Crippen LogP contribution in [0.4, 0.5) is 11.4 Å². The first-order chi connectivity index (χ1) is 14.0. The molecule has 4 rings (SSSR count). The summed E-state index contributed by atoms with van der Waals surface area (Å²) in [6, 6.07) is 16.0. The van der Waals surface area contributed by atoms with E-state index in [0.717, 1.165) is 44.0 Å². The van der Waals surface area contributed by atoms with E-state index in [2.05, 4.69) is 15.5 Å². The fourth-order valence-corrected chi connectivity index (χ4v) is 3.96. The molecular formula is C23H22N4OS. The first kappa shape index (κ1) is 19.0. The minimum atomic E-state index is -0.0896. The van der Waals surface area contributed by atoms with Crippen LogP contribution in [-0.4, -0.2) is 30.2 Å². The second kappa shape index (κ2) is 7.93. The number of aromatic nitrogens is 2. The van der Waals surface area contributed by atoms with Gasteiger partial charge in [-0.25, -0.2) is 0 Å². The summed E-state index contributed by atoms with van der Waals surface area (Å²) >= 11 is 1.45. The minimum Gasteiger partial charge on any atom is -0.378 e. The molecule has 2 N–H and O–H groups in total. The molecule has 2 aromatic heterocycles.